The highest BCUT2D eigenvalue weighted by molar-refractivity contribution is 7.88. The fourth-order valence-electron chi connectivity index (χ4n) is 1.72. The summed E-state index contributed by atoms with van der Waals surface area (Å²) in [7, 11) is -3.26. The van der Waals surface area contributed by atoms with Gasteiger partial charge in [0, 0.05) is 19.3 Å². The summed E-state index contributed by atoms with van der Waals surface area (Å²) < 4.78 is 25.6. The molecule has 0 saturated carbocycles. The van der Waals surface area contributed by atoms with E-state index in [1.165, 1.54) is 10.9 Å². The first kappa shape index (κ1) is 16.5. The molecule has 0 spiro atoms. The van der Waals surface area contributed by atoms with Crippen LogP contribution in [0.2, 0.25) is 5.02 Å². The van der Waals surface area contributed by atoms with E-state index in [1.807, 2.05) is 6.07 Å². The first-order valence-electron chi connectivity index (χ1n) is 6.39. The average molecular weight is 343 g/mol. The molecular weight excluding hydrogens is 328 g/mol. The third-order valence-corrected chi connectivity index (χ3v) is 3.77. The lowest BCUT2D eigenvalue weighted by Gasteiger charge is -2.04. The highest BCUT2D eigenvalue weighted by Crippen LogP contribution is 2.19. The second-order valence-corrected chi connectivity index (χ2v) is 6.79. The molecule has 0 saturated heterocycles. The van der Waals surface area contributed by atoms with E-state index in [0.29, 0.717) is 16.3 Å². The Bertz CT molecular complexity index is 773. The van der Waals surface area contributed by atoms with E-state index in [9.17, 15) is 13.2 Å². The van der Waals surface area contributed by atoms with Gasteiger partial charge in [0.15, 0.2) is 0 Å². The van der Waals surface area contributed by atoms with Crippen LogP contribution in [-0.2, 0) is 10.0 Å². The number of para-hydroxylation sites is 1. The molecule has 0 radical (unpaired) electrons. The number of hydrogen-bond acceptors (Lipinski definition) is 4. The summed E-state index contributed by atoms with van der Waals surface area (Å²) in [5.74, 6) is -0.339. The van der Waals surface area contributed by atoms with E-state index in [4.69, 9.17) is 11.6 Å². The fraction of sp³-hybridized carbons (Fsp3) is 0.231. The van der Waals surface area contributed by atoms with Gasteiger partial charge in [-0.1, -0.05) is 23.7 Å². The SMILES string of the molecule is CS(=O)(=O)NCCNC(=O)c1cnn(-c2ccccc2Cl)c1. The Labute approximate surface area is 133 Å². The molecule has 118 valence electrons. The Balaban J connectivity index is 1.97. The predicted molar refractivity (Wildman–Crippen MR) is 83.8 cm³/mol. The van der Waals surface area contributed by atoms with Gasteiger partial charge in [0.25, 0.3) is 5.91 Å². The van der Waals surface area contributed by atoms with Crippen LogP contribution in [0.1, 0.15) is 10.4 Å². The molecule has 7 nitrogen and oxygen atoms in total. The Morgan fingerprint density at radius 2 is 2.05 bits per heavy atom. The molecular formula is C13H15ClN4O3S. The van der Waals surface area contributed by atoms with E-state index in [0.717, 1.165) is 6.26 Å². The van der Waals surface area contributed by atoms with Gasteiger partial charge in [-0.2, -0.15) is 5.10 Å². The summed E-state index contributed by atoms with van der Waals surface area (Å²) in [6.07, 6.45) is 4.03. The quantitative estimate of drug-likeness (QED) is 0.759. The van der Waals surface area contributed by atoms with Gasteiger partial charge in [-0.15, -0.1) is 0 Å². The van der Waals surface area contributed by atoms with E-state index in [-0.39, 0.29) is 19.0 Å². The molecule has 1 aromatic carbocycles. The van der Waals surface area contributed by atoms with Crippen molar-refractivity contribution in [3.63, 3.8) is 0 Å². The number of nitrogens with one attached hydrogen (secondary N) is 2. The number of amides is 1. The number of rotatable bonds is 6. The molecule has 0 fully saturated rings. The van der Waals surface area contributed by atoms with Crippen molar-refractivity contribution in [1.82, 2.24) is 19.8 Å². The van der Waals surface area contributed by atoms with Crippen molar-refractivity contribution in [2.24, 2.45) is 0 Å². The maximum atomic E-state index is 11.9. The van der Waals surface area contributed by atoms with Crippen LogP contribution >= 0.6 is 11.6 Å². The molecule has 0 unspecified atom stereocenters. The molecule has 0 atom stereocenters. The number of carbonyl (C=O) groups is 1. The van der Waals surface area contributed by atoms with Crippen LogP contribution in [0, 0.1) is 0 Å². The zero-order valence-corrected chi connectivity index (χ0v) is 13.4. The lowest BCUT2D eigenvalue weighted by atomic mass is 10.3. The minimum absolute atomic E-state index is 0.128. The van der Waals surface area contributed by atoms with Crippen LogP contribution < -0.4 is 10.0 Å². The van der Waals surface area contributed by atoms with E-state index in [2.05, 4.69) is 15.1 Å². The number of carbonyl (C=O) groups excluding carboxylic acids is 1. The van der Waals surface area contributed by atoms with Crippen molar-refractivity contribution in [1.29, 1.82) is 0 Å². The van der Waals surface area contributed by atoms with Crippen molar-refractivity contribution < 1.29 is 13.2 Å². The zero-order chi connectivity index (χ0) is 16.2. The third-order valence-electron chi connectivity index (χ3n) is 2.72. The molecule has 22 heavy (non-hydrogen) atoms. The summed E-state index contributed by atoms with van der Waals surface area (Å²) >= 11 is 6.07. The van der Waals surface area contributed by atoms with Crippen LogP contribution in [0.15, 0.2) is 36.7 Å². The summed E-state index contributed by atoms with van der Waals surface area (Å²) in [6.45, 7) is 0.312. The smallest absolute Gasteiger partial charge is 0.254 e. The molecule has 0 aliphatic heterocycles. The van der Waals surface area contributed by atoms with Gasteiger partial charge in [-0.05, 0) is 12.1 Å². The van der Waals surface area contributed by atoms with E-state index in [1.54, 1.807) is 24.4 Å². The Morgan fingerprint density at radius 1 is 1.32 bits per heavy atom. The topological polar surface area (TPSA) is 93.1 Å². The number of hydrogen-bond donors (Lipinski definition) is 2. The molecule has 0 aliphatic rings. The molecule has 9 heteroatoms. The lowest BCUT2D eigenvalue weighted by Crippen LogP contribution is -2.34. The maximum Gasteiger partial charge on any atom is 0.254 e. The van der Waals surface area contributed by atoms with Crippen LogP contribution in [0.3, 0.4) is 0 Å². The molecule has 1 aromatic heterocycles. The van der Waals surface area contributed by atoms with Gasteiger partial charge in [-0.3, -0.25) is 4.79 Å². The number of aromatic nitrogens is 2. The third kappa shape index (κ3) is 4.55. The first-order chi connectivity index (χ1) is 10.4. The molecule has 0 aliphatic carbocycles. The predicted octanol–water partition coefficient (Wildman–Crippen LogP) is 0.805. The minimum atomic E-state index is -3.26. The maximum absolute atomic E-state index is 11.9. The Kier molecular flexibility index (Phi) is 5.17. The molecule has 1 heterocycles. The van der Waals surface area contributed by atoms with Crippen molar-refractivity contribution in [2.75, 3.05) is 19.3 Å². The molecule has 0 bridgehead atoms. The zero-order valence-electron chi connectivity index (χ0n) is 11.8. The van der Waals surface area contributed by atoms with Crippen LogP contribution in [0.25, 0.3) is 5.69 Å². The van der Waals surface area contributed by atoms with Crippen molar-refractivity contribution in [3.05, 3.63) is 47.2 Å². The van der Waals surface area contributed by atoms with E-state index < -0.39 is 10.0 Å². The average Bonchev–Trinajstić information content (AvgIpc) is 2.92. The number of halogens is 1. The minimum Gasteiger partial charge on any atom is -0.351 e. The summed E-state index contributed by atoms with van der Waals surface area (Å²) in [6, 6.07) is 7.14. The normalized spacial score (nSPS) is 11.4. The molecule has 1 amide bonds. The Morgan fingerprint density at radius 3 is 2.73 bits per heavy atom. The van der Waals surface area contributed by atoms with Gasteiger partial charge >= 0.3 is 0 Å². The van der Waals surface area contributed by atoms with Gasteiger partial charge < -0.3 is 5.32 Å². The Hall–Kier alpha value is -1.90. The largest absolute Gasteiger partial charge is 0.351 e. The van der Waals surface area contributed by atoms with Gasteiger partial charge in [0.2, 0.25) is 10.0 Å². The van der Waals surface area contributed by atoms with Crippen molar-refractivity contribution >= 4 is 27.5 Å². The summed E-state index contributed by atoms with van der Waals surface area (Å²) in [5.41, 5.74) is 1.03. The fourth-order valence-corrected chi connectivity index (χ4v) is 2.42. The molecule has 2 aromatic rings. The van der Waals surface area contributed by atoms with Gasteiger partial charge in [-0.25, -0.2) is 17.8 Å². The van der Waals surface area contributed by atoms with Crippen LogP contribution in [0.4, 0.5) is 0 Å². The van der Waals surface area contributed by atoms with Gasteiger partial charge in [0.05, 0.1) is 28.7 Å². The second-order valence-electron chi connectivity index (χ2n) is 4.55. The first-order valence-corrected chi connectivity index (χ1v) is 8.66. The van der Waals surface area contributed by atoms with Crippen LogP contribution in [-0.4, -0.2) is 43.5 Å². The lowest BCUT2D eigenvalue weighted by molar-refractivity contribution is 0.0954. The highest BCUT2D eigenvalue weighted by atomic mass is 35.5. The molecule has 2 N–H and O–H groups in total. The number of sulfonamides is 1. The van der Waals surface area contributed by atoms with Crippen molar-refractivity contribution in [3.8, 4) is 5.69 Å². The van der Waals surface area contributed by atoms with Crippen molar-refractivity contribution in [2.45, 2.75) is 0 Å². The standard InChI is InChI=1S/C13H15ClN4O3S/c1-22(20,21)17-7-6-15-13(19)10-8-16-18(9-10)12-5-3-2-4-11(12)14/h2-5,8-9,17H,6-7H2,1H3,(H,15,19). The second kappa shape index (κ2) is 6.91. The number of nitrogens with zero attached hydrogens (tertiary/aromatic N) is 2. The van der Waals surface area contributed by atoms with E-state index >= 15 is 0 Å². The highest BCUT2D eigenvalue weighted by Gasteiger charge is 2.10. The molecule has 2 rings (SSSR count). The summed E-state index contributed by atoms with van der Waals surface area (Å²) in [4.78, 5) is 11.9. The van der Waals surface area contributed by atoms with Crippen LogP contribution in [0.5, 0.6) is 0 Å². The monoisotopic (exact) mass is 342 g/mol. The summed E-state index contributed by atoms with van der Waals surface area (Å²) in [5, 5.41) is 7.22. The number of benzene rings is 1. The van der Waals surface area contributed by atoms with Gasteiger partial charge in [0.1, 0.15) is 0 Å².